The molecule has 0 spiro atoms. The summed E-state index contributed by atoms with van der Waals surface area (Å²) in [6.07, 6.45) is 4.66. The third-order valence-corrected chi connectivity index (χ3v) is 1.89. The molecule has 0 aromatic rings. The summed E-state index contributed by atoms with van der Waals surface area (Å²) in [5, 5.41) is -1.18. The Hall–Kier alpha value is 0.210. The number of rotatable bonds is 8. The van der Waals surface area contributed by atoms with Crippen LogP contribution < -0.4 is 0 Å². The van der Waals surface area contributed by atoms with Crippen molar-refractivity contribution in [1.29, 1.82) is 0 Å². The lowest BCUT2D eigenvalue weighted by Crippen LogP contribution is -2.26. The van der Waals surface area contributed by atoms with Crippen molar-refractivity contribution >= 4 is 11.6 Å². The minimum Gasteiger partial charge on any atom is -0.338 e. The van der Waals surface area contributed by atoms with E-state index in [9.17, 15) is 0 Å². The first-order valence-electron chi connectivity index (χ1n) is 4.94. The molecule has 0 aliphatic rings. The minimum atomic E-state index is -1.18. The summed E-state index contributed by atoms with van der Waals surface area (Å²) in [6.45, 7) is 8.77. The molecule has 0 aliphatic carbocycles. The van der Waals surface area contributed by atoms with Gasteiger partial charge in [-0.3, -0.25) is 0 Å². The SMILES string of the molecule is [CH2]C(Cl)(OCC)OCCCCCC. The Balaban J connectivity index is 3.29. The number of hydrogen-bond acceptors (Lipinski definition) is 2. The molecule has 2 nitrogen and oxygen atoms in total. The smallest absolute Gasteiger partial charge is 0.248 e. The largest absolute Gasteiger partial charge is 0.338 e. The Morgan fingerprint density at radius 3 is 2.38 bits per heavy atom. The lowest BCUT2D eigenvalue weighted by molar-refractivity contribution is -0.145. The third kappa shape index (κ3) is 8.54. The second-order valence-electron chi connectivity index (χ2n) is 3.00. The first-order valence-corrected chi connectivity index (χ1v) is 5.32. The number of ether oxygens (including phenoxy) is 2. The molecule has 13 heavy (non-hydrogen) atoms. The summed E-state index contributed by atoms with van der Waals surface area (Å²) in [6, 6.07) is 0. The van der Waals surface area contributed by atoms with Gasteiger partial charge in [-0.15, -0.1) is 0 Å². The molecule has 0 aromatic heterocycles. The molecule has 0 bridgehead atoms. The third-order valence-electron chi connectivity index (χ3n) is 1.68. The van der Waals surface area contributed by atoms with Crippen LogP contribution in [0.3, 0.4) is 0 Å². The molecule has 79 valence electrons. The van der Waals surface area contributed by atoms with Crippen LogP contribution in [0.2, 0.25) is 0 Å². The molecular weight excluding hydrogens is 188 g/mol. The van der Waals surface area contributed by atoms with E-state index in [1.807, 2.05) is 6.92 Å². The number of alkyl halides is 1. The predicted molar refractivity (Wildman–Crippen MR) is 55.7 cm³/mol. The maximum atomic E-state index is 5.79. The summed E-state index contributed by atoms with van der Waals surface area (Å²) >= 11 is 5.79. The Kier molecular flexibility index (Phi) is 7.72. The van der Waals surface area contributed by atoms with E-state index in [1.165, 1.54) is 19.3 Å². The number of hydrogen-bond donors (Lipinski definition) is 0. The van der Waals surface area contributed by atoms with Gasteiger partial charge in [0.05, 0.1) is 6.61 Å². The van der Waals surface area contributed by atoms with Gasteiger partial charge in [0.1, 0.15) is 0 Å². The van der Waals surface area contributed by atoms with Gasteiger partial charge in [0, 0.05) is 13.5 Å². The zero-order valence-electron chi connectivity index (χ0n) is 8.64. The van der Waals surface area contributed by atoms with Crippen LogP contribution in [-0.2, 0) is 9.47 Å². The topological polar surface area (TPSA) is 18.5 Å². The quantitative estimate of drug-likeness (QED) is 0.345. The normalized spacial score (nSPS) is 15.7. The van der Waals surface area contributed by atoms with Gasteiger partial charge in [0.2, 0.25) is 5.25 Å². The maximum absolute atomic E-state index is 5.79. The molecule has 0 aliphatic heterocycles. The molecule has 0 rings (SSSR count). The summed E-state index contributed by atoms with van der Waals surface area (Å²) in [4.78, 5) is 0. The van der Waals surface area contributed by atoms with Gasteiger partial charge in [-0.25, -0.2) is 0 Å². The van der Waals surface area contributed by atoms with Crippen LogP contribution >= 0.6 is 11.6 Å². The van der Waals surface area contributed by atoms with Gasteiger partial charge in [0.25, 0.3) is 0 Å². The van der Waals surface area contributed by atoms with Crippen molar-refractivity contribution in [1.82, 2.24) is 0 Å². The second-order valence-corrected chi connectivity index (χ2v) is 3.58. The lowest BCUT2D eigenvalue weighted by atomic mass is 10.2. The second kappa shape index (κ2) is 7.60. The Labute approximate surface area is 86.6 Å². The average Bonchev–Trinajstić information content (AvgIpc) is 2.04. The molecule has 1 radical (unpaired) electrons. The zero-order valence-corrected chi connectivity index (χ0v) is 9.40. The standard InChI is InChI=1S/C10H20ClO2/c1-4-6-7-8-9-13-10(3,11)12-5-2/h3-9H2,1-2H3. The first-order chi connectivity index (χ1) is 6.12. The fourth-order valence-corrected chi connectivity index (χ4v) is 1.20. The van der Waals surface area contributed by atoms with E-state index < -0.39 is 5.25 Å². The van der Waals surface area contributed by atoms with Crippen LogP contribution in [0.15, 0.2) is 0 Å². The molecule has 3 heteroatoms. The number of halogens is 1. The van der Waals surface area contributed by atoms with Gasteiger partial charge in [-0.05, 0) is 13.3 Å². The van der Waals surface area contributed by atoms with E-state index in [4.69, 9.17) is 21.1 Å². The number of unbranched alkanes of at least 4 members (excludes halogenated alkanes) is 3. The van der Waals surface area contributed by atoms with Crippen LogP contribution in [0.4, 0.5) is 0 Å². The maximum Gasteiger partial charge on any atom is 0.248 e. The van der Waals surface area contributed by atoms with Gasteiger partial charge in [0.15, 0.2) is 0 Å². The zero-order chi connectivity index (χ0) is 10.2. The average molecular weight is 208 g/mol. The molecule has 0 amide bonds. The highest BCUT2D eigenvalue weighted by atomic mass is 35.5. The van der Waals surface area contributed by atoms with Gasteiger partial charge < -0.3 is 9.47 Å². The van der Waals surface area contributed by atoms with Gasteiger partial charge in [-0.2, -0.15) is 0 Å². The summed E-state index contributed by atoms with van der Waals surface area (Å²) < 4.78 is 10.3. The lowest BCUT2D eigenvalue weighted by Gasteiger charge is -2.21. The molecule has 0 aromatic carbocycles. The molecule has 0 heterocycles. The summed E-state index contributed by atoms with van der Waals surface area (Å²) in [7, 11) is 0. The van der Waals surface area contributed by atoms with E-state index in [0.29, 0.717) is 13.2 Å². The van der Waals surface area contributed by atoms with E-state index in [-0.39, 0.29) is 0 Å². The highest BCUT2D eigenvalue weighted by molar-refractivity contribution is 6.22. The Morgan fingerprint density at radius 2 is 1.85 bits per heavy atom. The minimum absolute atomic E-state index is 0.516. The van der Waals surface area contributed by atoms with Crippen LogP contribution in [0, 0.1) is 6.92 Å². The van der Waals surface area contributed by atoms with Crippen molar-refractivity contribution in [3.05, 3.63) is 6.92 Å². The van der Waals surface area contributed by atoms with Crippen LogP contribution in [0.5, 0.6) is 0 Å². The monoisotopic (exact) mass is 207 g/mol. The fourth-order valence-electron chi connectivity index (χ4n) is 1.01. The first kappa shape index (κ1) is 13.2. The summed E-state index contributed by atoms with van der Waals surface area (Å²) in [5.41, 5.74) is 0. The molecule has 0 N–H and O–H groups in total. The molecule has 0 saturated carbocycles. The van der Waals surface area contributed by atoms with Crippen molar-refractivity contribution in [3.63, 3.8) is 0 Å². The fraction of sp³-hybridized carbons (Fsp3) is 0.900. The predicted octanol–water partition coefficient (Wildman–Crippen LogP) is 3.35. The molecule has 0 saturated heterocycles. The molecule has 1 unspecified atom stereocenters. The molecular formula is C10H20ClO2. The highest BCUT2D eigenvalue weighted by Crippen LogP contribution is 2.17. The highest BCUT2D eigenvalue weighted by Gasteiger charge is 2.20. The van der Waals surface area contributed by atoms with Gasteiger partial charge in [-0.1, -0.05) is 37.8 Å². The van der Waals surface area contributed by atoms with E-state index >= 15 is 0 Å². The summed E-state index contributed by atoms with van der Waals surface area (Å²) in [5.74, 6) is 0. The van der Waals surface area contributed by atoms with Crippen molar-refractivity contribution < 1.29 is 9.47 Å². The van der Waals surface area contributed by atoms with Gasteiger partial charge >= 0.3 is 0 Å². The van der Waals surface area contributed by atoms with E-state index in [0.717, 1.165) is 6.42 Å². The molecule has 0 fully saturated rings. The van der Waals surface area contributed by atoms with Crippen LogP contribution in [-0.4, -0.2) is 18.5 Å². The Morgan fingerprint density at radius 1 is 1.15 bits per heavy atom. The van der Waals surface area contributed by atoms with E-state index in [1.54, 1.807) is 0 Å². The van der Waals surface area contributed by atoms with Crippen molar-refractivity contribution in [3.8, 4) is 0 Å². The van der Waals surface area contributed by atoms with Crippen LogP contribution in [0.25, 0.3) is 0 Å². The molecule has 1 atom stereocenters. The Bertz CT molecular complexity index is 115. The van der Waals surface area contributed by atoms with Crippen molar-refractivity contribution in [2.75, 3.05) is 13.2 Å². The van der Waals surface area contributed by atoms with Crippen molar-refractivity contribution in [2.24, 2.45) is 0 Å². The van der Waals surface area contributed by atoms with Crippen LogP contribution in [0.1, 0.15) is 39.5 Å². The van der Waals surface area contributed by atoms with Crippen molar-refractivity contribution in [2.45, 2.75) is 44.8 Å². The van der Waals surface area contributed by atoms with E-state index in [2.05, 4.69) is 13.8 Å².